The van der Waals surface area contributed by atoms with Gasteiger partial charge in [-0.3, -0.25) is 9.98 Å². The second-order valence-electron chi connectivity index (χ2n) is 7.06. The van der Waals surface area contributed by atoms with Gasteiger partial charge in [0.15, 0.2) is 6.04 Å². The van der Waals surface area contributed by atoms with E-state index >= 15 is 0 Å². The van der Waals surface area contributed by atoms with Crippen LogP contribution in [0, 0.1) is 0 Å². The molecule has 0 fully saturated rings. The third-order valence-corrected chi connectivity index (χ3v) is 5.76. The van der Waals surface area contributed by atoms with Gasteiger partial charge in [-0.05, 0) is 17.7 Å². The second-order valence-corrected chi connectivity index (χ2v) is 7.91. The molecule has 0 amide bonds. The number of ether oxygens (including phenoxy) is 1. The van der Waals surface area contributed by atoms with Crippen molar-refractivity contribution in [3.8, 4) is 0 Å². The lowest BCUT2D eigenvalue weighted by Crippen LogP contribution is -2.25. The third-order valence-electron chi connectivity index (χ3n) is 5.07. The molecule has 0 aliphatic heterocycles. The SMILES string of the molecule is COC(=O)C(Cc1ccc(Br)c2cccnc12)N=C(c1ccccc1)c1ccccc1. The van der Waals surface area contributed by atoms with Gasteiger partial charge >= 0.3 is 5.97 Å². The van der Waals surface area contributed by atoms with Crippen molar-refractivity contribution in [3.63, 3.8) is 0 Å². The van der Waals surface area contributed by atoms with Crippen LogP contribution in [0.15, 0.2) is 101 Å². The third kappa shape index (κ3) is 4.72. The molecular weight excluding hydrogens is 452 g/mol. The maximum atomic E-state index is 12.8. The number of pyridine rings is 1. The summed E-state index contributed by atoms with van der Waals surface area (Å²) in [4.78, 5) is 22.2. The monoisotopic (exact) mass is 472 g/mol. The standard InChI is InChI=1S/C26H21BrN2O2/c1-31-26(30)23(17-20-14-15-22(27)21-13-8-16-28-25(20)21)29-24(18-9-4-2-5-10-18)19-11-6-3-7-12-19/h2-16,23H,17H2,1H3. The molecule has 0 N–H and O–H groups in total. The first-order valence-electron chi connectivity index (χ1n) is 9.96. The van der Waals surface area contributed by atoms with Gasteiger partial charge in [0.05, 0.1) is 18.3 Å². The number of nitrogens with zero attached hydrogens (tertiary/aromatic N) is 2. The average molecular weight is 473 g/mol. The Morgan fingerprint density at radius 2 is 1.58 bits per heavy atom. The zero-order valence-electron chi connectivity index (χ0n) is 17.0. The Morgan fingerprint density at radius 3 is 2.19 bits per heavy atom. The van der Waals surface area contributed by atoms with Gasteiger partial charge in [-0.15, -0.1) is 0 Å². The molecule has 154 valence electrons. The molecule has 1 atom stereocenters. The number of hydrogen-bond donors (Lipinski definition) is 0. The quantitative estimate of drug-likeness (QED) is 0.270. The summed E-state index contributed by atoms with van der Waals surface area (Å²) in [6, 6.07) is 26.9. The van der Waals surface area contributed by atoms with E-state index in [9.17, 15) is 4.79 Å². The minimum atomic E-state index is -0.702. The fraction of sp³-hybridized carbons (Fsp3) is 0.115. The molecule has 1 heterocycles. The van der Waals surface area contributed by atoms with Crippen molar-refractivity contribution in [2.45, 2.75) is 12.5 Å². The minimum absolute atomic E-state index is 0.378. The molecule has 1 unspecified atom stereocenters. The van der Waals surface area contributed by atoms with Crippen molar-refractivity contribution in [3.05, 3.63) is 112 Å². The molecule has 0 spiro atoms. The van der Waals surface area contributed by atoms with E-state index in [0.717, 1.165) is 37.8 Å². The molecule has 0 saturated carbocycles. The number of hydrogen-bond acceptors (Lipinski definition) is 4. The Kier molecular flexibility index (Phi) is 6.53. The fourth-order valence-electron chi connectivity index (χ4n) is 3.55. The van der Waals surface area contributed by atoms with Crippen LogP contribution in [0.25, 0.3) is 10.9 Å². The first-order valence-corrected chi connectivity index (χ1v) is 10.7. The summed E-state index contributed by atoms with van der Waals surface area (Å²) in [7, 11) is 1.40. The molecule has 4 aromatic rings. The van der Waals surface area contributed by atoms with Crippen molar-refractivity contribution in [1.29, 1.82) is 0 Å². The average Bonchev–Trinajstić information content (AvgIpc) is 2.84. The largest absolute Gasteiger partial charge is 0.467 e. The maximum absolute atomic E-state index is 12.8. The zero-order chi connectivity index (χ0) is 21.6. The van der Waals surface area contributed by atoms with Crippen molar-refractivity contribution < 1.29 is 9.53 Å². The molecule has 3 aromatic carbocycles. The van der Waals surface area contributed by atoms with Crippen molar-refractivity contribution in [2.24, 2.45) is 4.99 Å². The highest BCUT2D eigenvalue weighted by molar-refractivity contribution is 9.10. The van der Waals surface area contributed by atoms with Crippen LogP contribution in [-0.4, -0.2) is 29.8 Å². The topological polar surface area (TPSA) is 51.5 Å². The van der Waals surface area contributed by atoms with Crippen molar-refractivity contribution in [1.82, 2.24) is 4.98 Å². The lowest BCUT2D eigenvalue weighted by atomic mass is 9.99. The molecule has 4 nitrogen and oxygen atoms in total. The van der Waals surface area contributed by atoms with Gasteiger partial charge in [-0.25, -0.2) is 4.79 Å². The van der Waals surface area contributed by atoms with Crippen LogP contribution in [0.4, 0.5) is 0 Å². The molecule has 5 heteroatoms. The molecule has 0 radical (unpaired) electrons. The van der Waals surface area contributed by atoms with Crippen molar-refractivity contribution >= 4 is 38.5 Å². The number of aliphatic imine (C=N–C) groups is 1. The Labute approximate surface area is 189 Å². The summed E-state index contributed by atoms with van der Waals surface area (Å²) in [6.07, 6.45) is 2.14. The molecule has 0 aliphatic rings. The first-order chi connectivity index (χ1) is 15.2. The zero-order valence-corrected chi connectivity index (χ0v) is 18.6. The highest BCUT2D eigenvalue weighted by Crippen LogP contribution is 2.27. The van der Waals surface area contributed by atoms with E-state index in [4.69, 9.17) is 9.73 Å². The Hall–Kier alpha value is -3.31. The van der Waals surface area contributed by atoms with Gasteiger partial charge < -0.3 is 4.74 Å². The van der Waals surface area contributed by atoms with Crippen LogP contribution in [0.2, 0.25) is 0 Å². The molecule has 0 saturated heterocycles. The first kappa shape index (κ1) is 20.9. The van der Waals surface area contributed by atoms with Crippen molar-refractivity contribution in [2.75, 3.05) is 7.11 Å². The molecule has 4 rings (SSSR count). The minimum Gasteiger partial charge on any atom is -0.467 e. The summed E-state index contributed by atoms with van der Waals surface area (Å²) in [5.74, 6) is -0.378. The van der Waals surface area contributed by atoms with E-state index in [1.54, 1.807) is 6.20 Å². The van der Waals surface area contributed by atoms with Crippen LogP contribution in [0.3, 0.4) is 0 Å². The smallest absolute Gasteiger partial charge is 0.330 e. The number of halogens is 1. The summed E-state index contributed by atoms with van der Waals surface area (Å²) in [5.41, 5.74) is 4.44. The number of aromatic nitrogens is 1. The highest BCUT2D eigenvalue weighted by Gasteiger charge is 2.22. The lowest BCUT2D eigenvalue weighted by molar-refractivity contribution is -0.142. The van der Waals surface area contributed by atoms with E-state index in [1.165, 1.54) is 7.11 Å². The number of esters is 1. The summed E-state index contributed by atoms with van der Waals surface area (Å²) < 4.78 is 6.08. The highest BCUT2D eigenvalue weighted by atomic mass is 79.9. The fourth-order valence-corrected chi connectivity index (χ4v) is 4.00. The summed E-state index contributed by atoms with van der Waals surface area (Å²) in [6.45, 7) is 0. The van der Waals surface area contributed by atoms with Crippen LogP contribution < -0.4 is 0 Å². The van der Waals surface area contributed by atoms with E-state index in [-0.39, 0.29) is 5.97 Å². The Morgan fingerprint density at radius 1 is 0.935 bits per heavy atom. The van der Waals surface area contributed by atoms with Crippen LogP contribution >= 0.6 is 15.9 Å². The van der Waals surface area contributed by atoms with E-state index in [0.29, 0.717) is 6.42 Å². The second kappa shape index (κ2) is 9.67. The predicted octanol–water partition coefficient (Wildman–Crippen LogP) is 5.62. The van der Waals surface area contributed by atoms with Gasteiger partial charge in [-0.1, -0.05) is 88.7 Å². The number of benzene rings is 3. The van der Waals surface area contributed by atoms with E-state index < -0.39 is 6.04 Å². The normalized spacial score (nSPS) is 11.7. The number of fused-ring (bicyclic) bond motifs is 1. The van der Waals surface area contributed by atoms with Crippen LogP contribution in [0.1, 0.15) is 16.7 Å². The van der Waals surface area contributed by atoms with Crippen LogP contribution in [0.5, 0.6) is 0 Å². The molecule has 0 aliphatic carbocycles. The van der Waals surface area contributed by atoms with Gasteiger partial charge in [0, 0.05) is 33.6 Å². The van der Waals surface area contributed by atoms with Gasteiger partial charge in [0.25, 0.3) is 0 Å². The van der Waals surface area contributed by atoms with E-state index in [2.05, 4.69) is 20.9 Å². The van der Waals surface area contributed by atoms with Gasteiger partial charge in [0.2, 0.25) is 0 Å². The molecule has 1 aromatic heterocycles. The maximum Gasteiger partial charge on any atom is 0.330 e. The summed E-state index contributed by atoms with van der Waals surface area (Å²) in [5, 5.41) is 0.999. The molecule has 0 bridgehead atoms. The number of carbonyl (C=O) groups is 1. The van der Waals surface area contributed by atoms with E-state index in [1.807, 2.05) is 84.9 Å². The number of rotatable bonds is 6. The predicted molar refractivity (Wildman–Crippen MR) is 127 cm³/mol. The number of carbonyl (C=O) groups excluding carboxylic acids is 1. The van der Waals surface area contributed by atoms with Crippen LogP contribution in [-0.2, 0) is 16.0 Å². The number of methoxy groups -OCH3 is 1. The van der Waals surface area contributed by atoms with Gasteiger partial charge in [-0.2, -0.15) is 0 Å². The molecular formula is C26H21BrN2O2. The van der Waals surface area contributed by atoms with Gasteiger partial charge in [0.1, 0.15) is 0 Å². The Bertz CT molecular complexity index is 1180. The lowest BCUT2D eigenvalue weighted by Gasteiger charge is -2.16. The molecule has 31 heavy (non-hydrogen) atoms. The Balaban J connectivity index is 1.81. The summed E-state index contributed by atoms with van der Waals surface area (Å²) >= 11 is 3.58.